The second-order valence-electron chi connectivity index (χ2n) is 6.89. The summed E-state index contributed by atoms with van der Waals surface area (Å²) in [6.07, 6.45) is 2.81. The maximum atomic E-state index is 4.67. The Kier molecular flexibility index (Phi) is 6.22. The summed E-state index contributed by atoms with van der Waals surface area (Å²) in [5.74, 6) is 1.70. The first-order valence-electron chi connectivity index (χ1n) is 9.31. The molecule has 0 radical (unpaired) electrons. The summed E-state index contributed by atoms with van der Waals surface area (Å²) in [6.45, 7) is 7.74. The van der Waals surface area contributed by atoms with Gasteiger partial charge in [-0.3, -0.25) is 4.90 Å². The molecular weight excluding hydrogens is 326 g/mol. The van der Waals surface area contributed by atoms with Crippen molar-refractivity contribution in [3.05, 3.63) is 48.0 Å². The number of likely N-dealkylation sites (tertiary alicyclic amines) is 1. The molecule has 1 aliphatic heterocycles. The average Bonchev–Trinajstić information content (AvgIpc) is 3.19. The molecule has 1 aromatic heterocycles. The summed E-state index contributed by atoms with van der Waals surface area (Å²) in [5, 5.41) is 14.9. The second-order valence-corrected chi connectivity index (χ2v) is 6.89. The van der Waals surface area contributed by atoms with Crippen LogP contribution in [0.25, 0.3) is 0 Å². The number of hydrogen-bond donors (Lipinski definition) is 2. The zero-order chi connectivity index (χ0) is 18.4. The smallest absolute Gasteiger partial charge is 0.191 e. The standard InChI is InChI=1S/C19H29N7/c1-4-20-19(21-11-18-24-22-14-25(18)3)23-17-10-15(2)26(13-17)12-16-8-6-5-7-9-16/h5-9,14-15,17H,4,10-13H2,1-3H3,(H2,20,21,23). The van der Waals surface area contributed by atoms with Crippen molar-refractivity contribution in [2.75, 3.05) is 13.1 Å². The van der Waals surface area contributed by atoms with Gasteiger partial charge in [0, 0.05) is 38.8 Å². The Morgan fingerprint density at radius 3 is 2.81 bits per heavy atom. The van der Waals surface area contributed by atoms with Crippen LogP contribution in [-0.2, 0) is 20.1 Å². The highest BCUT2D eigenvalue weighted by atomic mass is 15.3. The average molecular weight is 355 g/mol. The maximum Gasteiger partial charge on any atom is 0.191 e. The summed E-state index contributed by atoms with van der Waals surface area (Å²) in [7, 11) is 1.94. The number of nitrogens with one attached hydrogen (secondary N) is 2. The molecule has 0 aliphatic carbocycles. The molecule has 0 spiro atoms. The molecule has 7 nitrogen and oxygen atoms in total. The molecule has 2 heterocycles. The predicted octanol–water partition coefficient (Wildman–Crippen LogP) is 1.53. The number of aryl methyl sites for hydroxylation is 1. The highest BCUT2D eigenvalue weighted by Crippen LogP contribution is 2.20. The molecule has 3 rings (SSSR count). The van der Waals surface area contributed by atoms with Crippen molar-refractivity contribution in [1.29, 1.82) is 0 Å². The van der Waals surface area contributed by atoms with E-state index in [0.717, 1.165) is 37.8 Å². The van der Waals surface area contributed by atoms with E-state index in [4.69, 9.17) is 0 Å². The first kappa shape index (κ1) is 18.4. The van der Waals surface area contributed by atoms with Crippen molar-refractivity contribution in [3.8, 4) is 0 Å². The van der Waals surface area contributed by atoms with Crippen LogP contribution in [-0.4, -0.2) is 50.8 Å². The number of nitrogens with zero attached hydrogens (tertiary/aromatic N) is 5. The van der Waals surface area contributed by atoms with Gasteiger partial charge in [0.05, 0.1) is 0 Å². The van der Waals surface area contributed by atoms with Crippen molar-refractivity contribution < 1.29 is 0 Å². The van der Waals surface area contributed by atoms with E-state index in [9.17, 15) is 0 Å². The zero-order valence-corrected chi connectivity index (χ0v) is 15.9. The molecule has 0 saturated carbocycles. The van der Waals surface area contributed by atoms with Gasteiger partial charge in [-0.25, -0.2) is 4.99 Å². The topological polar surface area (TPSA) is 70.4 Å². The Hall–Kier alpha value is -2.41. The molecule has 1 saturated heterocycles. The highest BCUT2D eigenvalue weighted by Gasteiger charge is 2.29. The zero-order valence-electron chi connectivity index (χ0n) is 15.9. The Balaban J connectivity index is 1.58. The number of guanidine groups is 1. The molecule has 1 aliphatic rings. The van der Waals surface area contributed by atoms with Crippen LogP contribution < -0.4 is 10.6 Å². The van der Waals surface area contributed by atoms with Gasteiger partial charge < -0.3 is 15.2 Å². The fourth-order valence-corrected chi connectivity index (χ4v) is 3.35. The third-order valence-corrected chi connectivity index (χ3v) is 4.80. The minimum absolute atomic E-state index is 0.394. The maximum absolute atomic E-state index is 4.67. The molecular formula is C19H29N7. The summed E-state index contributed by atoms with van der Waals surface area (Å²) in [6, 6.07) is 11.6. The van der Waals surface area contributed by atoms with E-state index in [2.05, 4.69) is 74.9 Å². The van der Waals surface area contributed by atoms with E-state index < -0.39 is 0 Å². The predicted molar refractivity (Wildman–Crippen MR) is 104 cm³/mol. The van der Waals surface area contributed by atoms with Crippen molar-refractivity contribution in [2.45, 2.75) is 45.4 Å². The van der Waals surface area contributed by atoms with Crippen LogP contribution in [0.3, 0.4) is 0 Å². The van der Waals surface area contributed by atoms with Crippen LogP contribution in [0, 0.1) is 0 Å². The van der Waals surface area contributed by atoms with Crippen LogP contribution in [0.15, 0.2) is 41.7 Å². The number of benzene rings is 1. The third kappa shape index (κ3) is 4.82. The van der Waals surface area contributed by atoms with Gasteiger partial charge in [-0.15, -0.1) is 10.2 Å². The van der Waals surface area contributed by atoms with Crippen LogP contribution in [0.5, 0.6) is 0 Å². The number of hydrogen-bond acceptors (Lipinski definition) is 4. The molecule has 1 fully saturated rings. The van der Waals surface area contributed by atoms with Gasteiger partial charge in [-0.1, -0.05) is 30.3 Å². The Morgan fingerprint density at radius 2 is 2.12 bits per heavy atom. The molecule has 26 heavy (non-hydrogen) atoms. The van der Waals surface area contributed by atoms with Crippen molar-refractivity contribution >= 4 is 5.96 Å². The van der Waals surface area contributed by atoms with Crippen LogP contribution in [0.2, 0.25) is 0 Å². The van der Waals surface area contributed by atoms with E-state index in [1.54, 1.807) is 6.33 Å². The van der Waals surface area contributed by atoms with Crippen LogP contribution in [0.1, 0.15) is 31.7 Å². The number of rotatable bonds is 6. The molecule has 0 amide bonds. The van der Waals surface area contributed by atoms with Crippen LogP contribution >= 0.6 is 0 Å². The minimum atomic E-state index is 0.394. The lowest BCUT2D eigenvalue weighted by Gasteiger charge is -2.21. The Morgan fingerprint density at radius 1 is 1.31 bits per heavy atom. The van der Waals surface area contributed by atoms with Gasteiger partial charge in [0.1, 0.15) is 12.9 Å². The van der Waals surface area contributed by atoms with Gasteiger partial charge in [-0.2, -0.15) is 0 Å². The summed E-state index contributed by atoms with van der Waals surface area (Å²) in [4.78, 5) is 7.19. The Bertz CT molecular complexity index is 710. The summed E-state index contributed by atoms with van der Waals surface area (Å²) < 4.78 is 1.90. The van der Waals surface area contributed by atoms with E-state index in [-0.39, 0.29) is 0 Å². The van der Waals surface area contributed by atoms with Crippen molar-refractivity contribution in [3.63, 3.8) is 0 Å². The number of aliphatic imine (C=N–C) groups is 1. The molecule has 1 aromatic carbocycles. The first-order chi connectivity index (χ1) is 12.7. The summed E-state index contributed by atoms with van der Waals surface area (Å²) in [5.41, 5.74) is 1.36. The summed E-state index contributed by atoms with van der Waals surface area (Å²) >= 11 is 0. The highest BCUT2D eigenvalue weighted by molar-refractivity contribution is 5.80. The molecule has 0 bridgehead atoms. The molecule has 7 heteroatoms. The molecule has 2 atom stereocenters. The second kappa shape index (κ2) is 8.80. The minimum Gasteiger partial charge on any atom is -0.357 e. The Labute approximate surface area is 155 Å². The largest absolute Gasteiger partial charge is 0.357 e. The van der Waals surface area contributed by atoms with Crippen molar-refractivity contribution in [2.24, 2.45) is 12.0 Å². The van der Waals surface area contributed by atoms with Gasteiger partial charge >= 0.3 is 0 Å². The normalized spacial score (nSPS) is 21.1. The number of aromatic nitrogens is 3. The third-order valence-electron chi connectivity index (χ3n) is 4.80. The van der Waals surface area contributed by atoms with Crippen molar-refractivity contribution in [1.82, 2.24) is 30.3 Å². The lowest BCUT2D eigenvalue weighted by Crippen LogP contribution is -2.44. The monoisotopic (exact) mass is 355 g/mol. The molecule has 140 valence electrons. The van der Waals surface area contributed by atoms with E-state index in [0.29, 0.717) is 18.6 Å². The van der Waals surface area contributed by atoms with Gasteiger partial charge in [0.15, 0.2) is 11.8 Å². The molecule has 2 N–H and O–H groups in total. The van der Waals surface area contributed by atoms with Gasteiger partial charge in [0.25, 0.3) is 0 Å². The van der Waals surface area contributed by atoms with E-state index in [1.165, 1.54) is 5.56 Å². The van der Waals surface area contributed by atoms with Crippen LogP contribution in [0.4, 0.5) is 0 Å². The first-order valence-corrected chi connectivity index (χ1v) is 9.31. The van der Waals surface area contributed by atoms with Gasteiger partial charge in [0.2, 0.25) is 0 Å². The lowest BCUT2D eigenvalue weighted by atomic mass is 10.2. The van der Waals surface area contributed by atoms with E-state index in [1.807, 2.05) is 11.6 Å². The fourth-order valence-electron chi connectivity index (χ4n) is 3.35. The SMILES string of the molecule is CCNC(=NCc1nncn1C)NC1CC(C)N(Cc2ccccc2)C1. The van der Waals surface area contributed by atoms with E-state index >= 15 is 0 Å². The molecule has 2 unspecified atom stereocenters. The fraction of sp³-hybridized carbons (Fsp3) is 0.526. The quantitative estimate of drug-likeness (QED) is 0.607. The molecule has 2 aromatic rings. The van der Waals surface area contributed by atoms with Gasteiger partial charge in [-0.05, 0) is 25.8 Å². The lowest BCUT2D eigenvalue weighted by molar-refractivity contribution is 0.258.